The Morgan fingerprint density at radius 2 is 2.00 bits per heavy atom. The summed E-state index contributed by atoms with van der Waals surface area (Å²) in [5.74, 6) is 0.922. The molecule has 0 bridgehead atoms. The predicted molar refractivity (Wildman–Crippen MR) is 76.4 cm³/mol. The maximum absolute atomic E-state index is 3.75. The van der Waals surface area contributed by atoms with Gasteiger partial charge in [-0.05, 0) is 70.7 Å². The van der Waals surface area contributed by atoms with Gasteiger partial charge >= 0.3 is 0 Å². The van der Waals surface area contributed by atoms with Crippen LogP contribution in [0.3, 0.4) is 0 Å². The molecule has 1 saturated heterocycles. The van der Waals surface area contributed by atoms with Crippen molar-refractivity contribution in [1.29, 1.82) is 0 Å². The second kappa shape index (κ2) is 9.67. The zero-order valence-corrected chi connectivity index (χ0v) is 11.6. The molecule has 0 aromatic heterocycles. The van der Waals surface area contributed by atoms with Gasteiger partial charge in [0.25, 0.3) is 0 Å². The fourth-order valence-electron chi connectivity index (χ4n) is 2.53. The maximum Gasteiger partial charge on any atom is -0.00157 e. The SMILES string of the molecule is C=CCCCCCNCC1CCN(CC)CC1. The predicted octanol–water partition coefficient (Wildman–Crippen LogP) is 3.05. The summed E-state index contributed by atoms with van der Waals surface area (Å²) < 4.78 is 0. The third kappa shape index (κ3) is 6.85. The van der Waals surface area contributed by atoms with E-state index in [0.29, 0.717) is 0 Å². The molecular weight excluding hydrogens is 208 g/mol. The van der Waals surface area contributed by atoms with Gasteiger partial charge in [0, 0.05) is 0 Å². The molecule has 0 spiro atoms. The maximum atomic E-state index is 3.75. The van der Waals surface area contributed by atoms with E-state index in [9.17, 15) is 0 Å². The average Bonchev–Trinajstić information content (AvgIpc) is 2.38. The Morgan fingerprint density at radius 3 is 2.65 bits per heavy atom. The molecule has 1 rings (SSSR count). The van der Waals surface area contributed by atoms with Crippen molar-refractivity contribution < 1.29 is 0 Å². The van der Waals surface area contributed by atoms with E-state index in [1.807, 2.05) is 6.08 Å². The van der Waals surface area contributed by atoms with Crippen LogP contribution in [0.4, 0.5) is 0 Å². The normalized spacial score (nSPS) is 18.4. The largest absolute Gasteiger partial charge is 0.316 e. The van der Waals surface area contributed by atoms with Gasteiger partial charge in [0.2, 0.25) is 0 Å². The lowest BCUT2D eigenvalue weighted by Gasteiger charge is -2.31. The molecule has 2 heteroatoms. The zero-order chi connectivity index (χ0) is 12.3. The van der Waals surface area contributed by atoms with Crippen molar-refractivity contribution in [3.8, 4) is 0 Å². The monoisotopic (exact) mass is 238 g/mol. The van der Waals surface area contributed by atoms with E-state index in [2.05, 4.69) is 23.7 Å². The van der Waals surface area contributed by atoms with Gasteiger partial charge < -0.3 is 10.2 Å². The van der Waals surface area contributed by atoms with Gasteiger partial charge in [-0.2, -0.15) is 0 Å². The van der Waals surface area contributed by atoms with Crippen LogP contribution in [-0.4, -0.2) is 37.6 Å². The van der Waals surface area contributed by atoms with Crippen molar-refractivity contribution in [1.82, 2.24) is 10.2 Å². The van der Waals surface area contributed by atoms with Crippen LogP contribution in [0, 0.1) is 5.92 Å². The number of hydrogen-bond acceptors (Lipinski definition) is 2. The van der Waals surface area contributed by atoms with Gasteiger partial charge in [-0.15, -0.1) is 6.58 Å². The van der Waals surface area contributed by atoms with Crippen molar-refractivity contribution in [3.63, 3.8) is 0 Å². The van der Waals surface area contributed by atoms with E-state index in [4.69, 9.17) is 0 Å². The quantitative estimate of drug-likeness (QED) is 0.490. The zero-order valence-electron chi connectivity index (χ0n) is 11.6. The molecule has 0 radical (unpaired) electrons. The molecule has 1 heterocycles. The molecule has 0 aromatic carbocycles. The van der Waals surface area contributed by atoms with Crippen molar-refractivity contribution in [2.45, 2.75) is 45.4 Å². The molecule has 0 aromatic rings. The number of piperidine rings is 1. The fourth-order valence-corrected chi connectivity index (χ4v) is 2.53. The summed E-state index contributed by atoms with van der Waals surface area (Å²) in [4.78, 5) is 2.56. The second-order valence-corrected chi connectivity index (χ2v) is 5.22. The summed E-state index contributed by atoms with van der Waals surface area (Å²) in [5.41, 5.74) is 0. The molecular formula is C15H30N2. The number of likely N-dealkylation sites (tertiary alicyclic amines) is 1. The first kappa shape index (κ1) is 14.7. The summed E-state index contributed by atoms with van der Waals surface area (Å²) in [6.45, 7) is 12.3. The van der Waals surface area contributed by atoms with Crippen LogP contribution in [0.5, 0.6) is 0 Å². The third-order valence-corrected chi connectivity index (χ3v) is 3.85. The highest BCUT2D eigenvalue weighted by Crippen LogP contribution is 2.15. The first-order valence-corrected chi connectivity index (χ1v) is 7.40. The topological polar surface area (TPSA) is 15.3 Å². The fraction of sp³-hybridized carbons (Fsp3) is 0.867. The highest BCUT2D eigenvalue weighted by molar-refractivity contribution is 4.73. The van der Waals surface area contributed by atoms with Gasteiger partial charge in [0.05, 0.1) is 0 Å². The Morgan fingerprint density at radius 1 is 1.24 bits per heavy atom. The molecule has 17 heavy (non-hydrogen) atoms. The summed E-state index contributed by atoms with van der Waals surface area (Å²) >= 11 is 0. The molecule has 0 atom stereocenters. The Kier molecular flexibility index (Phi) is 8.37. The van der Waals surface area contributed by atoms with Crippen LogP contribution in [0.15, 0.2) is 12.7 Å². The van der Waals surface area contributed by atoms with E-state index >= 15 is 0 Å². The Bertz CT molecular complexity index is 183. The standard InChI is InChI=1S/C15H30N2/c1-3-5-6-7-8-11-16-14-15-9-12-17(4-2)13-10-15/h3,15-16H,1,4-14H2,2H3. The van der Waals surface area contributed by atoms with Gasteiger partial charge in [0.1, 0.15) is 0 Å². The Balaban J connectivity index is 1.88. The van der Waals surface area contributed by atoms with Crippen LogP contribution in [0.1, 0.15) is 45.4 Å². The molecule has 0 saturated carbocycles. The minimum Gasteiger partial charge on any atom is -0.316 e. The van der Waals surface area contributed by atoms with Crippen LogP contribution < -0.4 is 5.32 Å². The van der Waals surface area contributed by atoms with Crippen molar-refractivity contribution in [2.24, 2.45) is 5.92 Å². The molecule has 0 aliphatic carbocycles. The Labute approximate surface area is 107 Å². The highest BCUT2D eigenvalue weighted by atomic mass is 15.1. The third-order valence-electron chi connectivity index (χ3n) is 3.85. The number of allylic oxidation sites excluding steroid dienone is 1. The van der Waals surface area contributed by atoms with Crippen molar-refractivity contribution in [2.75, 3.05) is 32.7 Å². The molecule has 2 nitrogen and oxygen atoms in total. The minimum atomic E-state index is 0.922. The second-order valence-electron chi connectivity index (χ2n) is 5.22. The summed E-state index contributed by atoms with van der Waals surface area (Å²) in [6.07, 6.45) is 9.94. The summed E-state index contributed by atoms with van der Waals surface area (Å²) in [6, 6.07) is 0. The average molecular weight is 238 g/mol. The summed E-state index contributed by atoms with van der Waals surface area (Å²) in [7, 11) is 0. The van der Waals surface area contributed by atoms with Gasteiger partial charge in [0.15, 0.2) is 0 Å². The van der Waals surface area contributed by atoms with Crippen LogP contribution in [0.2, 0.25) is 0 Å². The van der Waals surface area contributed by atoms with E-state index in [1.165, 1.54) is 71.2 Å². The summed E-state index contributed by atoms with van der Waals surface area (Å²) in [5, 5.41) is 3.62. The minimum absolute atomic E-state index is 0.922. The van der Waals surface area contributed by atoms with E-state index in [1.54, 1.807) is 0 Å². The van der Waals surface area contributed by atoms with E-state index in [-0.39, 0.29) is 0 Å². The molecule has 100 valence electrons. The molecule has 1 fully saturated rings. The Hall–Kier alpha value is -0.340. The number of nitrogens with one attached hydrogen (secondary N) is 1. The lowest BCUT2D eigenvalue weighted by molar-refractivity contribution is 0.190. The molecule has 0 amide bonds. The number of hydrogen-bond donors (Lipinski definition) is 1. The molecule has 1 aliphatic heterocycles. The van der Waals surface area contributed by atoms with Crippen LogP contribution >= 0.6 is 0 Å². The number of nitrogens with zero attached hydrogens (tertiary/aromatic N) is 1. The van der Waals surface area contributed by atoms with E-state index in [0.717, 1.165) is 5.92 Å². The first-order valence-electron chi connectivity index (χ1n) is 7.40. The van der Waals surface area contributed by atoms with Crippen LogP contribution in [-0.2, 0) is 0 Å². The van der Waals surface area contributed by atoms with Gasteiger partial charge in [-0.1, -0.05) is 19.4 Å². The van der Waals surface area contributed by atoms with Gasteiger partial charge in [-0.3, -0.25) is 0 Å². The van der Waals surface area contributed by atoms with Crippen molar-refractivity contribution >= 4 is 0 Å². The molecule has 0 unspecified atom stereocenters. The lowest BCUT2D eigenvalue weighted by Crippen LogP contribution is -2.37. The van der Waals surface area contributed by atoms with Gasteiger partial charge in [-0.25, -0.2) is 0 Å². The highest BCUT2D eigenvalue weighted by Gasteiger charge is 2.17. The van der Waals surface area contributed by atoms with E-state index < -0.39 is 0 Å². The van der Waals surface area contributed by atoms with Crippen LogP contribution in [0.25, 0.3) is 0 Å². The number of rotatable bonds is 9. The first-order chi connectivity index (χ1) is 8.36. The smallest absolute Gasteiger partial charge is 0.00157 e. The number of unbranched alkanes of at least 4 members (excludes halogenated alkanes) is 3. The lowest BCUT2D eigenvalue weighted by atomic mass is 9.97. The van der Waals surface area contributed by atoms with Crippen molar-refractivity contribution in [3.05, 3.63) is 12.7 Å². The molecule has 1 N–H and O–H groups in total. The molecule has 1 aliphatic rings.